The number of nitrogens with zero attached hydrogens (tertiary/aromatic N) is 1. The minimum absolute atomic E-state index is 0.166. The maximum atomic E-state index is 11.3. The molecule has 0 aliphatic heterocycles. The molecule has 16 heavy (non-hydrogen) atoms. The van der Waals surface area contributed by atoms with Crippen molar-refractivity contribution in [2.24, 2.45) is 0 Å². The fourth-order valence-electron chi connectivity index (χ4n) is 1.57. The van der Waals surface area contributed by atoms with Gasteiger partial charge in [-0.1, -0.05) is 6.92 Å². The molecule has 1 aromatic rings. The number of benzene rings is 1. The molecule has 0 spiro atoms. The zero-order valence-corrected chi connectivity index (χ0v) is 11.4. The number of methoxy groups -OCH3 is 1. The van der Waals surface area contributed by atoms with Crippen LogP contribution in [-0.2, 0) is 22.4 Å². The van der Waals surface area contributed by atoms with Gasteiger partial charge in [0.25, 0.3) is 0 Å². The van der Waals surface area contributed by atoms with Crippen molar-refractivity contribution in [2.45, 2.75) is 19.8 Å². The minimum Gasteiger partial charge on any atom is -0.469 e. The van der Waals surface area contributed by atoms with Gasteiger partial charge in [-0.05, 0) is 52.3 Å². The molecule has 0 saturated carbocycles. The van der Waals surface area contributed by atoms with Crippen molar-refractivity contribution in [2.75, 3.05) is 7.11 Å². The van der Waals surface area contributed by atoms with Gasteiger partial charge in [-0.25, -0.2) is 0 Å². The summed E-state index contributed by atoms with van der Waals surface area (Å²) in [6, 6.07) is 5.77. The molecule has 0 aliphatic rings. The highest BCUT2D eigenvalue weighted by atomic mass is 127. The van der Waals surface area contributed by atoms with Crippen LogP contribution in [0.3, 0.4) is 0 Å². The van der Waals surface area contributed by atoms with E-state index in [4.69, 9.17) is 5.26 Å². The van der Waals surface area contributed by atoms with E-state index < -0.39 is 0 Å². The maximum Gasteiger partial charge on any atom is 0.310 e. The number of hydrogen-bond acceptors (Lipinski definition) is 3. The first-order chi connectivity index (χ1) is 7.63. The van der Waals surface area contributed by atoms with Gasteiger partial charge in [0.2, 0.25) is 0 Å². The Bertz CT molecular complexity index is 449. The number of ether oxygens (including phenoxy) is 1. The maximum absolute atomic E-state index is 11.3. The SMILES string of the molecule is CCc1c(I)ccc(C#N)c1CC(=O)OC. The van der Waals surface area contributed by atoms with E-state index in [0.717, 1.165) is 21.1 Å². The first-order valence-corrected chi connectivity index (χ1v) is 5.99. The minimum atomic E-state index is -0.312. The van der Waals surface area contributed by atoms with Crippen molar-refractivity contribution in [3.05, 3.63) is 32.4 Å². The molecule has 0 radical (unpaired) electrons. The number of rotatable bonds is 3. The largest absolute Gasteiger partial charge is 0.469 e. The number of halogens is 1. The third-order valence-corrected chi connectivity index (χ3v) is 3.41. The van der Waals surface area contributed by atoms with Gasteiger partial charge in [-0.15, -0.1) is 0 Å². The predicted molar refractivity (Wildman–Crippen MR) is 69.0 cm³/mol. The summed E-state index contributed by atoms with van der Waals surface area (Å²) in [5, 5.41) is 9.01. The molecule has 84 valence electrons. The van der Waals surface area contributed by atoms with E-state index in [0.29, 0.717) is 5.56 Å². The smallest absolute Gasteiger partial charge is 0.310 e. The molecule has 4 heteroatoms. The van der Waals surface area contributed by atoms with Crippen LogP contribution in [0, 0.1) is 14.9 Å². The second-order valence-corrected chi connectivity index (χ2v) is 4.43. The summed E-state index contributed by atoms with van der Waals surface area (Å²) >= 11 is 2.22. The van der Waals surface area contributed by atoms with E-state index >= 15 is 0 Å². The van der Waals surface area contributed by atoms with Crippen LogP contribution in [0.1, 0.15) is 23.6 Å². The highest BCUT2D eigenvalue weighted by molar-refractivity contribution is 14.1. The second kappa shape index (κ2) is 5.85. The molecule has 0 unspecified atom stereocenters. The number of nitriles is 1. The molecule has 0 bridgehead atoms. The van der Waals surface area contributed by atoms with E-state index in [1.807, 2.05) is 13.0 Å². The molecule has 0 heterocycles. The Morgan fingerprint density at radius 3 is 2.69 bits per heavy atom. The summed E-state index contributed by atoms with van der Waals surface area (Å²) in [5.74, 6) is -0.312. The second-order valence-electron chi connectivity index (χ2n) is 3.27. The molecule has 0 aliphatic carbocycles. The molecule has 1 rings (SSSR count). The van der Waals surface area contributed by atoms with Crippen molar-refractivity contribution >= 4 is 28.6 Å². The normalized spacial score (nSPS) is 9.62. The van der Waals surface area contributed by atoms with Crippen molar-refractivity contribution in [3.8, 4) is 6.07 Å². The standard InChI is InChI=1S/C12H12INO2/c1-3-9-10(6-12(15)16-2)8(7-14)4-5-11(9)13/h4-5H,3,6H2,1-2H3. The van der Waals surface area contributed by atoms with E-state index in [1.165, 1.54) is 7.11 Å². The van der Waals surface area contributed by atoms with Crippen molar-refractivity contribution in [1.29, 1.82) is 5.26 Å². The van der Waals surface area contributed by atoms with Gasteiger partial charge in [0, 0.05) is 3.57 Å². The highest BCUT2D eigenvalue weighted by Crippen LogP contribution is 2.22. The molecule has 0 amide bonds. The molecule has 0 N–H and O–H groups in total. The Balaban J connectivity index is 3.26. The van der Waals surface area contributed by atoms with Crippen LogP contribution in [0.15, 0.2) is 12.1 Å². The van der Waals surface area contributed by atoms with Gasteiger partial charge in [-0.2, -0.15) is 5.26 Å². The van der Waals surface area contributed by atoms with E-state index in [1.54, 1.807) is 6.07 Å². The zero-order valence-electron chi connectivity index (χ0n) is 9.21. The summed E-state index contributed by atoms with van der Waals surface area (Å²) < 4.78 is 5.72. The molecule has 0 aromatic heterocycles. The number of carbonyl (C=O) groups excluding carboxylic acids is 1. The first-order valence-electron chi connectivity index (χ1n) is 4.91. The number of hydrogen-bond donors (Lipinski definition) is 0. The molecular weight excluding hydrogens is 317 g/mol. The Morgan fingerprint density at radius 1 is 1.50 bits per heavy atom. The molecule has 1 aromatic carbocycles. The van der Waals surface area contributed by atoms with E-state index in [9.17, 15) is 4.79 Å². The summed E-state index contributed by atoms with van der Waals surface area (Å²) in [4.78, 5) is 11.3. The molecular formula is C12H12INO2. The monoisotopic (exact) mass is 329 g/mol. The average molecular weight is 329 g/mol. The summed E-state index contributed by atoms with van der Waals surface area (Å²) in [7, 11) is 1.36. The van der Waals surface area contributed by atoms with Crippen LogP contribution in [0.25, 0.3) is 0 Å². The number of esters is 1. The Kier molecular flexibility index (Phi) is 4.74. The Hall–Kier alpha value is -1.09. The van der Waals surface area contributed by atoms with Crippen molar-refractivity contribution in [1.82, 2.24) is 0 Å². The van der Waals surface area contributed by atoms with Gasteiger partial charge >= 0.3 is 5.97 Å². The molecule has 3 nitrogen and oxygen atoms in total. The van der Waals surface area contributed by atoms with E-state index in [-0.39, 0.29) is 12.4 Å². The van der Waals surface area contributed by atoms with E-state index in [2.05, 4.69) is 33.4 Å². The third kappa shape index (κ3) is 2.73. The number of carbonyl (C=O) groups is 1. The topological polar surface area (TPSA) is 50.1 Å². The summed E-state index contributed by atoms with van der Waals surface area (Å²) in [6.45, 7) is 2.01. The summed E-state index contributed by atoms with van der Waals surface area (Å²) in [5.41, 5.74) is 2.41. The van der Waals surface area contributed by atoms with Gasteiger partial charge in [0.15, 0.2) is 0 Å². The van der Waals surface area contributed by atoms with Gasteiger partial charge in [-0.3, -0.25) is 4.79 Å². The van der Waals surface area contributed by atoms with Crippen LogP contribution in [0.2, 0.25) is 0 Å². The lowest BCUT2D eigenvalue weighted by Gasteiger charge is -2.10. The predicted octanol–water partition coefficient (Wildman–Crippen LogP) is 2.44. The van der Waals surface area contributed by atoms with Crippen LogP contribution in [0.4, 0.5) is 0 Å². The fraction of sp³-hybridized carbons (Fsp3) is 0.333. The summed E-state index contributed by atoms with van der Waals surface area (Å²) in [6.07, 6.45) is 0.972. The van der Waals surface area contributed by atoms with Crippen LogP contribution in [0.5, 0.6) is 0 Å². The first kappa shape index (κ1) is 13.0. The van der Waals surface area contributed by atoms with Gasteiger partial charge in [0.1, 0.15) is 0 Å². The van der Waals surface area contributed by atoms with Crippen LogP contribution < -0.4 is 0 Å². The average Bonchev–Trinajstić information content (AvgIpc) is 2.29. The Labute approximate surface area is 109 Å². The van der Waals surface area contributed by atoms with Gasteiger partial charge < -0.3 is 4.74 Å². The quantitative estimate of drug-likeness (QED) is 0.632. The van der Waals surface area contributed by atoms with Gasteiger partial charge in [0.05, 0.1) is 25.2 Å². The highest BCUT2D eigenvalue weighted by Gasteiger charge is 2.14. The van der Waals surface area contributed by atoms with Crippen LogP contribution >= 0.6 is 22.6 Å². The lowest BCUT2D eigenvalue weighted by molar-refractivity contribution is -0.139. The molecule has 0 saturated heterocycles. The molecule has 0 atom stereocenters. The van der Waals surface area contributed by atoms with Crippen molar-refractivity contribution < 1.29 is 9.53 Å². The third-order valence-electron chi connectivity index (χ3n) is 2.40. The van der Waals surface area contributed by atoms with Crippen LogP contribution in [-0.4, -0.2) is 13.1 Å². The zero-order chi connectivity index (χ0) is 12.1. The fourth-order valence-corrected chi connectivity index (χ4v) is 2.46. The van der Waals surface area contributed by atoms with Crippen molar-refractivity contribution in [3.63, 3.8) is 0 Å². The Morgan fingerprint density at radius 2 is 2.19 bits per heavy atom. The lowest BCUT2D eigenvalue weighted by Crippen LogP contribution is -2.09. The lowest BCUT2D eigenvalue weighted by atomic mass is 9.97. The molecule has 0 fully saturated rings.